The van der Waals surface area contributed by atoms with Crippen LogP contribution in [0.2, 0.25) is 0 Å². The maximum absolute atomic E-state index is 11.6. The Morgan fingerprint density at radius 3 is 2.62 bits per heavy atom. The first-order valence-electron chi connectivity index (χ1n) is 8.01. The van der Waals surface area contributed by atoms with Crippen molar-refractivity contribution in [1.82, 2.24) is 9.80 Å². The van der Waals surface area contributed by atoms with E-state index in [1.807, 2.05) is 7.05 Å². The predicted molar refractivity (Wildman–Crippen MR) is 89.9 cm³/mol. The third kappa shape index (κ3) is 4.17. The Labute approximate surface area is 142 Å². The van der Waals surface area contributed by atoms with Gasteiger partial charge in [0.1, 0.15) is 11.5 Å². The van der Waals surface area contributed by atoms with E-state index in [2.05, 4.69) is 9.80 Å². The summed E-state index contributed by atoms with van der Waals surface area (Å²) in [5.74, 6) is -0.0165. The molecular weight excluding hydrogens is 312 g/mol. The summed E-state index contributed by atoms with van der Waals surface area (Å²) in [7, 11) is 5.08. The maximum Gasteiger partial charge on any atom is 0.336 e. The Kier molecular flexibility index (Phi) is 6.42. The average Bonchev–Trinajstić information content (AvgIpc) is 2.57. The van der Waals surface area contributed by atoms with Crippen LogP contribution in [-0.4, -0.2) is 79.5 Å². The zero-order valence-electron chi connectivity index (χ0n) is 14.5. The van der Waals surface area contributed by atoms with Crippen molar-refractivity contribution in [2.24, 2.45) is 0 Å². The number of ether oxygens (including phenoxy) is 2. The van der Waals surface area contributed by atoms with E-state index >= 15 is 0 Å². The van der Waals surface area contributed by atoms with Crippen LogP contribution in [0.1, 0.15) is 22.3 Å². The van der Waals surface area contributed by atoms with Crippen LogP contribution in [0.15, 0.2) is 12.1 Å². The van der Waals surface area contributed by atoms with Crippen molar-refractivity contribution in [3.63, 3.8) is 0 Å². The molecule has 0 aliphatic carbocycles. The van der Waals surface area contributed by atoms with Gasteiger partial charge < -0.3 is 24.6 Å². The van der Waals surface area contributed by atoms with E-state index in [9.17, 15) is 15.0 Å². The minimum Gasteiger partial charge on any atom is -0.497 e. The number of aliphatic hydroxyl groups excluding tert-OH is 1. The second-order valence-corrected chi connectivity index (χ2v) is 6.04. The van der Waals surface area contributed by atoms with Gasteiger partial charge in [0, 0.05) is 50.5 Å². The van der Waals surface area contributed by atoms with Gasteiger partial charge in [-0.3, -0.25) is 4.90 Å². The highest BCUT2D eigenvalue weighted by atomic mass is 16.5. The first-order valence-corrected chi connectivity index (χ1v) is 8.01. The quantitative estimate of drug-likeness (QED) is 0.764. The monoisotopic (exact) mass is 338 g/mol. The fourth-order valence-electron chi connectivity index (χ4n) is 3.11. The van der Waals surface area contributed by atoms with E-state index in [1.165, 1.54) is 20.3 Å². The van der Waals surface area contributed by atoms with Gasteiger partial charge in [0.25, 0.3) is 0 Å². The van der Waals surface area contributed by atoms with E-state index in [0.29, 0.717) is 30.0 Å². The lowest BCUT2D eigenvalue weighted by molar-refractivity contribution is 0.0674. The van der Waals surface area contributed by atoms with E-state index in [0.717, 1.165) is 19.6 Å². The van der Waals surface area contributed by atoms with Crippen LogP contribution in [0.3, 0.4) is 0 Å². The summed E-state index contributed by atoms with van der Waals surface area (Å²) in [6, 6.07) is 3.51. The summed E-state index contributed by atoms with van der Waals surface area (Å²) in [4.78, 5) is 16.1. The van der Waals surface area contributed by atoms with E-state index in [4.69, 9.17) is 9.47 Å². The summed E-state index contributed by atoms with van der Waals surface area (Å²) < 4.78 is 10.6. The SMILES string of the molecule is COc1cc(OC)c(CN2CCN(C)C(CCO)C2)c(C(=O)O)c1. The number of carboxylic acids is 1. The van der Waals surface area contributed by atoms with Crippen LogP contribution in [-0.2, 0) is 6.54 Å². The fraction of sp³-hybridized carbons (Fsp3) is 0.588. The standard InChI is InChI=1S/C17H26N2O5/c1-18-5-6-19(10-12(18)4-7-20)11-15-14(17(21)22)8-13(23-2)9-16(15)24-3/h8-9,12,20H,4-7,10-11H2,1-3H3,(H,21,22). The third-order valence-electron chi connectivity index (χ3n) is 4.57. The van der Waals surface area contributed by atoms with Crippen molar-refractivity contribution < 1.29 is 24.5 Å². The van der Waals surface area contributed by atoms with Gasteiger partial charge in [-0.05, 0) is 19.5 Å². The highest BCUT2D eigenvalue weighted by molar-refractivity contribution is 5.91. The number of hydrogen-bond donors (Lipinski definition) is 2. The Morgan fingerprint density at radius 1 is 1.29 bits per heavy atom. The zero-order chi connectivity index (χ0) is 17.7. The molecule has 1 saturated heterocycles. The maximum atomic E-state index is 11.6. The Bertz CT molecular complexity index is 578. The van der Waals surface area contributed by atoms with Crippen molar-refractivity contribution in [3.05, 3.63) is 23.3 Å². The molecule has 0 amide bonds. The topological polar surface area (TPSA) is 82.5 Å². The number of methoxy groups -OCH3 is 2. The highest BCUT2D eigenvalue weighted by Crippen LogP contribution is 2.30. The van der Waals surface area contributed by atoms with Crippen LogP contribution in [0.25, 0.3) is 0 Å². The second-order valence-electron chi connectivity index (χ2n) is 6.04. The number of piperazine rings is 1. The number of likely N-dealkylation sites (N-methyl/N-ethyl adjacent to an activating group) is 1. The van der Waals surface area contributed by atoms with E-state index in [-0.39, 0.29) is 18.2 Å². The molecule has 1 atom stereocenters. The molecule has 1 aliphatic rings. The van der Waals surface area contributed by atoms with Crippen molar-refractivity contribution in [2.45, 2.75) is 19.0 Å². The lowest BCUT2D eigenvalue weighted by Crippen LogP contribution is -2.51. The largest absolute Gasteiger partial charge is 0.497 e. The van der Waals surface area contributed by atoms with Gasteiger partial charge in [-0.15, -0.1) is 0 Å². The van der Waals surface area contributed by atoms with Gasteiger partial charge in [0.05, 0.1) is 19.8 Å². The van der Waals surface area contributed by atoms with Crippen LogP contribution < -0.4 is 9.47 Å². The molecule has 134 valence electrons. The number of aromatic carboxylic acids is 1. The summed E-state index contributed by atoms with van der Waals surface area (Å²) in [5.41, 5.74) is 0.849. The molecule has 1 aromatic carbocycles. The number of hydrogen-bond acceptors (Lipinski definition) is 6. The molecule has 2 N–H and O–H groups in total. The number of nitrogens with zero attached hydrogens (tertiary/aromatic N) is 2. The van der Waals surface area contributed by atoms with Gasteiger partial charge in [0.15, 0.2) is 0 Å². The van der Waals surface area contributed by atoms with Crippen molar-refractivity contribution in [3.8, 4) is 11.5 Å². The Balaban J connectivity index is 2.26. The second kappa shape index (κ2) is 8.32. The van der Waals surface area contributed by atoms with Gasteiger partial charge in [-0.2, -0.15) is 0 Å². The third-order valence-corrected chi connectivity index (χ3v) is 4.57. The number of carbonyl (C=O) groups is 1. The van der Waals surface area contributed by atoms with Gasteiger partial charge in [-0.1, -0.05) is 0 Å². The molecule has 1 unspecified atom stereocenters. The van der Waals surface area contributed by atoms with Crippen LogP contribution in [0.5, 0.6) is 11.5 Å². The van der Waals surface area contributed by atoms with Gasteiger partial charge >= 0.3 is 5.97 Å². The molecule has 0 radical (unpaired) electrons. The molecule has 1 aliphatic heterocycles. The van der Waals surface area contributed by atoms with Crippen molar-refractivity contribution >= 4 is 5.97 Å². The molecule has 1 fully saturated rings. The predicted octanol–water partition coefficient (Wildman–Crippen LogP) is 0.900. The molecule has 2 rings (SSSR count). The van der Waals surface area contributed by atoms with E-state index in [1.54, 1.807) is 6.07 Å². The van der Waals surface area contributed by atoms with Crippen molar-refractivity contribution in [1.29, 1.82) is 0 Å². The molecular formula is C17H26N2O5. The number of aliphatic hydroxyl groups is 1. The molecule has 24 heavy (non-hydrogen) atoms. The first-order chi connectivity index (χ1) is 11.5. The van der Waals surface area contributed by atoms with Crippen LogP contribution in [0.4, 0.5) is 0 Å². The fourth-order valence-corrected chi connectivity index (χ4v) is 3.11. The normalized spacial score (nSPS) is 19.2. The van der Waals surface area contributed by atoms with Crippen molar-refractivity contribution in [2.75, 3.05) is 47.5 Å². The molecule has 0 saturated carbocycles. The molecule has 1 aromatic rings. The first kappa shape index (κ1) is 18.5. The zero-order valence-corrected chi connectivity index (χ0v) is 14.5. The summed E-state index contributed by atoms with van der Waals surface area (Å²) in [5, 5.41) is 18.8. The number of carboxylic acid groups (broad SMARTS) is 1. The van der Waals surface area contributed by atoms with Crippen LogP contribution in [0, 0.1) is 0 Å². The molecule has 1 heterocycles. The smallest absolute Gasteiger partial charge is 0.336 e. The molecule has 7 nitrogen and oxygen atoms in total. The van der Waals surface area contributed by atoms with Gasteiger partial charge in [0.2, 0.25) is 0 Å². The molecule has 0 spiro atoms. The lowest BCUT2D eigenvalue weighted by Gasteiger charge is -2.39. The summed E-state index contributed by atoms with van der Waals surface area (Å²) in [6.07, 6.45) is 0.707. The average molecular weight is 338 g/mol. The number of rotatable bonds is 7. The molecule has 0 bridgehead atoms. The van der Waals surface area contributed by atoms with Crippen LogP contribution >= 0.6 is 0 Å². The van der Waals surface area contributed by atoms with Gasteiger partial charge in [-0.25, -0.2) is 4.79 Å². The van der Waals surface area contributed by atoms with E-state index < -0.39 is 5.97 Å². The summed E-state index contributed by atoms with van der Waals surface area (Å²) >= 11 is 0. The molecule has 7 heteroatoms. The molecule has 0 aromatic heterocycles. The lowest BCUT2D eigenvalue weighted by atomic mass is 10.0. The number of benzene rings is 1. The Morgan fingerprint density at radius 2 is 2.04 bits per heavy atom. The summed E-state index contributed by atoms with van der Waals surface area (Å²) in [6.45, 7) is 3.14. The highest BCUT2D eigenvalue weighted by Gasteiger charge is 2.26. The minimum absolute atomic E-state index is 0.148. The Hall–Kier alpha value is -1.83. The minimum atomic E-state index is -0.997.